The van der Waals surface area contributed by atoms with Crippen LogP contribution in [-0.2, 0) is 4.79 Å². The summed E-state index contributed by atoms with van der Waals surface area (Å²) in [4.78, 5) is 23.2. The zero-order valence-corrected chi connectivity index (χ0v) is 15.1. The van der Waals surface area contributed by atoms with E-state index in [0.29, 0.717) is 36.0 Å². The molecule has 0 heterocycles. The molecule has 3 amide bonds. The van der Waals surface area contributed by atoms with Crippen LogP contribution in [0.25, 0.3) is 0 Å². The van der Waals surface area contributed by atoms with Gasteiger partial charge in [0.2, 0.25) is 5.91 Å². The van der Waals surface area contributed by atoms with Crippen LogP contribution < -0.4 is 25.4 Å². The number of hydrogen-bond acceptors (Lipinski definition) is 4. The maximum atomic E-state index is 12.0. The number of urea groups is 1. The molecule has 7 nitrogen and oxygen atoms in total. The number of aryl methyl sites for hydroxylation is 1. The van der Waals surface area contributed by atoms with Gasteiger partial charge in [0.1, 0.15) is 18.1 Å². The van der Waals surface area contributed by atoms with Crippen LogP contribution >= 0.6 is 0 Å². The highest BCUT2D eigenvalue weighted by atomic mass is 16.5. The summed E-state index contributed by atoms with van der Waals surface area (Å²) < 4.78 is 10.7. The highest BCUT2D eigenvalue weighted by Gasteiger charge is 2.05. The van der Waals surface area contributed by atoms with Gasteiger partial charge in [0.25, 0.3) is 0 Å². The third kappa shape index (κ3) is 6.01. The van der Waals surface area contributed by atoms with Crippen molar-refractivity contribution in [3.05, 3.63) is 48.0 Å². The van der Waals surface area contributed by atoms with Gasteiger partial charge in [-0.1, -0.05) is 12.1 Å². The molecular weight excluding hydrogens is 334 g/mol. The molecule has 2 rings (SSSR count). The minimum atomic E-state index is -0.350. The normalized spacial score (nSPS) is 9.96. The molecule has 0 saturated heterocycles. The second-order valence-electron chi connectivity index (χ2n) is 5.62. The molecular formula is C19H23N3O4. The highest BCUT2D eigenvalue weighted by Crippen LogP contribution is 2.20. The van der Waals surface area contributed by atoms with Crippen molar-refractivity contribution >= 4 is 23.3 Å². The first-order valence-electron chi connectivity index (χ1n) is 8.18. The average molecular weight is 357 g/mol. The molecule has 0 aliphatic carbocycles. The SMILES string of the molecule is COc1cccc(OCCNC(=O)Nc2ccc(C)c(NC(C)=O)c2)c1. The third-order valence-electron chi connectivity index (χ3n) is 3.50. The lowest BCUT2D eigenvalue weighted by atomic mass is 10.2. The fourth-order valence-electron chi connectivity index (χ4n) is 2.22. The molecule has 0 bridgehead atoms. The Hall–Kier alpha value is -3.22. The summed E-state index contributed by atoms with van der Waals surface area (Å²) >= 11 is 0. The predicted octanol–water partition coefficient (Wildman–Crippen LogP) is 3.16. The maximum Gasteiger partial charge on any atom is 0.319 e. The smallest absolute Gasteiger partial charge is 0.319 e. The number of methoxy groups -OCH3 is 1. The summed E-state index contributed by atoms with van der Waals surface area (Å²) in [5.74, 6) is 1.22. The fraction of sp³-hybridized carbons (Fsp3) is 0.263. The van der Waals surface area contributed by atoms with Crippen LogP contribution in [0.4, 0.5) is 16.2 Å². The Morgan fingerprint density at radius 2 is 1.81 bits per heavy atom. The molecule has 0 saturated carbocycles. The number of carbonyl (C=O) groups is 2. The standard InChI is InChI=1S/C19H23N3O4/c1-13-7-8-15(11-18(13)21-14(2)23)22-19(24)20-9-10-26-17-6-4-5-16(12-17)25-3/h4-8,11-12H,9-10H2,1-3H3,(H,21,23)(H2,20,22,24). The summed E-state index contributed by atoms with van der Waals surface area (Å²) in [6.45, 7) is 3.98. The van der Waals surface area contributed by atoms with E-state index in [4.69, 9.17) is 9.47 Å². The van der Waals surface area contributed by atoms with E-state index < -0.39 is 0 Å². The Morgan fingerprint density at radius 1 is 1.04 bits per heavy atom. The molecule has 7 heteroatoms. The fourth-order valence-corrected chi connectivity index (χ4v) is 2.22. The van der Waals surface area contributed by atoms with Crippen LogP contribution in [0.1, 0.15) is 12.5 Å². The van der Waals surface area contributed by atoms with Crippen LogP contribution in [-0.4, -0.2) is 32.2 Å². The Morgan fingerprint density at radius 3 is 2.54 bits per heavy atom. The number of nitrogens with one attached hydrogen (secondary N) is 3. The number of benzene rings is 2. The molecule has 0 spiro atoms. The number of anilines is 2. The molecule has 3 N–H and O–H groups in total. The Kier molecular flexibility index (Phi) is 6.84. The number of amides is 3. The summed E-state index contributed by atoms with van der Waals surface area (Å²) in [5, 5.41) is 8.16. The molecule has 0 unspecified atom stereocenters. The topological polar surface area (TPSA) is 88.7 Å². The molecule has 0 aromatic heterocycles. The van der Waals surface area contributed by atoms with E-state index in [1.165, 1.54) is 6.92 Å². The number of hydrogen-bond donors (Lipinski definition) is 3. The summed E-state index contributed by atoms with van der Waals surface area (Å²) in [6.07, 6.45) is 0. The zero-order chi connectivity index (χ0) is 18.9. The zero-order valence-electron chi connectivity index (χ0n) is 15.1. The highest BCUT2D eigenvalue weighted by molar-refractivity contribution is 5.93. The predicted molar refractivity (Wildman–Crippen MR) is 101 cm³/mol. The van der Waals surface area contributed by atoms with E-state index in [0.717, 1.165) is 5.56 Å². The molecule has 0 aliphatic rings. The van der Waals surface area contributed by atoms with Gasteiger partial charge in [0.05, 0.1) is 13.7 Å². The molecule has 0 aliphatic heterocycles. The van der Waals surface area contributed by atoms with Crippen LogP contribution in [0.2, 0.25) is 0 Å². The minimum Gasteiger partial charge on any atom is -0.497 e. The third-order valence-corrected chi connectivity index (χ3v) is 3.50. The molecule has 2 aromatic rings. The van der Waals surface area contributed by atoms with E-state index >= 15 is 0 Å². The lowest BCUT2D eigenvalue weighted by Gasteiger charge is -2.12. The Balaban J connectivity index is 1.79. The van der Waals surface area contributed by atoms with Gasteiger partial charge in [-0.05, 0) is 36.8 Å². The lowest BCUT2D eigenvalue weighted by Crippen LogP contribution is -2.32. The molecule has 0 fully saturated rings. The lowest BCUT2D eigenvalue weighted by molar-refractivity contribution is -0.114. The van der Waals surface area contributed by atoms with E-state index in [2.05, 4.69) is 16.0 Å². The van der Waals surface area contributed by atoms with E-state index in [1.54, 1.807) is 25.3 Å². The second-order valence-corrected chi connectivity index (χ2v) is 5.62. The van der Waals surface area contributed by atoms with Gasteiger partial charge in [-0.25, -0.2) is 4.79 Å². The van der Waals surface area contributed by atoms with Crippen LogP contribution in [0.5, 0.6) is 11.5 Å². The van der Waals surface area contributed by atoms with Gasteiger partial charge in [-0.2, -0.15) is 0 Å². The molecule has 138 valence electrons. The number of rotatable bonds is 7. The van der Waals surface area contributed by atoms with Gasteiger partial charge in [-0.15, -0.1) is 0 Å². The second kappa shape index (κ2) is 9.31. The maximum absolute atomic E-state index is 12.0. The van der Waals surface area contributed by atoms with Crippen molar-refractivity contribution < 1.29 is 19.1 Å². The van der Waals surface area contributed by atoms with Crippen molar-refractivity contribution in [2.45, 2.75) is 13.8 Å². The monoisotopic (exact) mass is 357 g/mol. The first-order valence-corrected chi connectivity index (χ1v) is 8.18. The quantitative estimate of drug-likeness (QED) is 0.664. The van der Waals surface area contributed by atoms with Gasteiger partial charge >= 0.3 is 6.03 Å². The molecule has 2 aromatic carbocycles. The van der Waals surface area contributed by atoms with E-state index in [1.807, 2.05) is 31.2 Å². The Labute approximate surface area is 152 Å². The van der Waals surface area contributed by atoms with Crippen molar-refractivity contribution in [1.82, 2.24) is 5.32 Å². The summed E-state index contributed by atoms with van der Waals surface area (Å²) in [6, 6.07) is 12.2. The van der Waals surface area contributed by atoms with Gasteiger partial charge in [0.15, 0.2) is 0 Å². The number of carbonyl (C=O) groups excluding carboxylic acids is 2. The van der Waals surface area contributed by atoms with Crippen LogP contribution in [0, 0.1) is 6.92 Å². The number of ether oxygens (including phenoxy) is 2. The first kappa shape index (κ1) is 19.1. The van der Waals surface area contributed by atoms with Gasteiger partial charge in [0, 0.05) is 24.4 Å². The largest absolute Gasteiger partial charge is 0.497 e. The molecule has 0 radical (unpaired) electrons. The van der Waals surface area contributed by atoms with Gasteiger partial charge < -0.3 is 25.4 Å². The van der Waals surface area contributed by atoms with Crippen molar-refractivity contribution in [3.63, 3.8) is 0 Å². The van der Waals surface area contributed by atoms with Crippen LogP contribution in [0.15, 0.2) is 42.5 Å². The minimum absolute atomic E-state index is 0.163. The summed E-state index contributed by atoms with van der Waals surface area (Å²) in [7, 11) is 1.59. The van der Waals surface area contributed by atoms with E-state index in [9.17, 15) is 9.59 Å². The van der Waals surface area contributed by atoms with Crippen molar-refractivity contribution in [2.24, 2.45) is 0 Å². The summed E-state index contributed by atoms with van der Waals surface area (Å²) in [5.41, 5.74) is 2.17. The molecule has 0 atom stereocenters. The van der Waals surface area contributed by atoms with E-state index in [-0.39, 0.29) is 11.9 Å². The Bertz CT molecular complexity index is 777. The van der Waals surface area contributed by atoms with Gasteiger partial charge in [-0.3, -0.25) is 4.79 Å². The van der Waals surface area contributed by atoms with Crippen LogP contribution in [0.3, 0.4) is 0 Å². The van der Waals surface area contributed by atoms with Crippen molar-refractivity contribution in [2.75, 3.05) is 30.9 Å². The first-order chi connectivity index (χ1) is 12.5. The van der Waals surface area contributed by atoms with Crippen molar-refractivity contribution in [1.29, 1.82) is 0 Å². The van der Waals surface area contributed by atoms with Crippen molar-refractivity contribution in [3.8, 4) is 11.5 Å². The molecule has 26 heavy (non-hydrogen) atoms. The average Bonchev–Trinajstić information content (AvgIpc) is 2.61.